The van der Waals surface area contributed by atoms with E-state index in [1.54, 1.807) is 0 Å². The molecule has 2 heterocycles. The third-order valence-corrected chi connectivity index (χ3v) is 5.28. The standard InChI is InChI=1S/C22H26N4O2.HI/c23-22(25-19-11-13-28-20-5-2-1-4-18(19)20)24-14-16-7-9-17(10-8-16)15-26-12-3-6-21(26)27;/h1-2,4-5,7-10,19H,3,6,11-15H2,(H3,23,24,25);1H. The van der Waals surface area contributed by atoms with Crippen LogP contribution in [0.3, 0.4) is 0 Å². The van der Waals surface area contributed by atoms with Gasteiger partial charge in [-0.15, -0.1) is 24.0 Å². The smallest absolute Gasteiger partial charge is 0.222 e. The number of hydrogen-bond acceptors (Lipinski definition) is 3. The molecule has 7 heteroatoms. The van der Waals surface area contributed by atoms with Gasteiger partial charge in [0.15, 0.2) is 5.96 Å². The maximum atomic E-state index is 11.7. The summed E-state index contributed by atoms with van der Waals surface area (Å²) in [5.74, 6) is 1.60. The van der Waals surface area contributed by atoms with Gasteiger partial charge in [0.25, 0.3) is 0 Å². The van der Waals surface area contributed by atoms with Gasteiger partial charge in [-0.05, 0) is 23.6 Å². The SMILES string of the molecule is I.NC(=NCc1ccc(CN2CCCC2=O)cc1)NC1CCOc2ccccc21. The summed E-state index contributed by atoms with van der Waals surface area (Å²) in [4.78, 5) is 18.1. The number of nitrogens with one attached hydrogen (secondary N) is 1. The number of halogens is 1. The molecule has 0 spiro atoms. The molecule has 1 unspecified atom stereocenters. The number of rotatable bonds is 5. The van der Waals surface area contributed by atoms with Crippen LogP contribution in [0.2, 0.25) is 0 Å². The van der Waals surface area contributed by atoms with Crippen LogP contribution in [0.25, 0.3) is 0 Å². The second kappa shape index (κ2) is 9.96. The maximum absolute atomic E-state index is 11.7. The molecule has 0 saturated carbocycles. The van der Waals surface area contributed by atoms with Crippen LogP contribution < -0.4 is 15.8 Å². The monoisotopic (exact) mass is 506 g/mol. The highest BCUT2D eigenvalue weighted by Gasteiger charge is 2.21. The van der Waals surface area contributed by atoms with E-state index in [0.717, 1.165) is 41.8 Å². The van der Waals surface area contributed by atoms with Crippen LogP contribution in [0.4, 0.5) is 0 Å². The molecule has 0 aromatic heterocycles. The van der Waals surface area contributed by atoms with Crippen LogP contribution in [0, 0.1) is 0 Å². The fraction of sp³-hybridized carbons (Fsp3) is 0.364. The zero-order valence-corrected chi connectivity index (χ0v) is 18.7. The quantitative estimate of drug-likeness (QED) is 0.371. The molecule has 0 bridgehead atoms. The molecule has 4 rings (SSSR count). The number of carbonyl (C=O) groups is 1. The van der Waals surface area contributed by atoms with E-state index in [1.165, 1.54) is 0 Å². The summed E-state index contributed by atoms with van der Waals surface area (Å²) in [5.41, 5.74) is 9.47. The van der Waals surface area contributed by atoms with Crippen LogP contribution in [-0.2, 0) is 17.9 Å². The summed E-state index contributed by atoms with van der Waals surface area (Å²) in [6.07, 6.45) is 2.50. The van der Waals surface area contributed by atoms with E-state index in [0.29, 0.717) is 32.1 Å². The second-order valence-electron chi connectivity index (χ2n) is 7.31. The average molecular weight is 506 g/mol. The minimum Gasteiger partial charge on any atom is -0.493 e. The Morgan fingerprint density at radius 3 is 2.69 bits per heavy atom. The predicted molar refractivity (Wildman–Crippen MR) is 124 cm³/mol. The number of nitrogens with zero attached hydrogens (tertiary/aromatic N) is 2. The first-order chi connectivity index (χ1) is 13.7. The largest absolute Gasteiger partial charge is 0.493 e. The number of guanidine groups is 1. The van der Waals surface area contributed by atoms with Gasteiger partial charge >= 0.3 is 0 Å². The van der Waals surface area contributed by atoms with Crippen molar-refractivity contribution in [1.82, 2.24) is 10.2 Å². The topological polar surface area (TPSA) is 80.0 Å². The molecular weight excluding hydrogens is 479 g/mol. The molecule has 1 fully saturated rings. The highest BCUT2D eigenvalue weighted by molar-refractivity contribution is 14.0. The van der Waals surface area contributed by atoms with Crippen molar-refractivity contribution >= 4 is 35.8 Å². The van der Waals surface area contributed by atoms with Gasteiger partial charge in [-0.3, -0.25) is 4.79 Å². The fourth-order valence-corrected chi connectivity index (χ4v) is 3.73. The number of ether oxygens (including phenoxy) is 1. The van der Waals surface area contributed by atoms with Gasteiger partial charge in [0.05, 0.1) is 19.2 Å². The number of likely N-dealkylation sites (tertiary alicyclic amines) is 1. The minimum absolute atomic E-state index is 0. The van der Waals surface area contributed by atoms with Crippen molar-refractivity contribution in [3.8, 4) is 5.75 Å². The molecule has 1 atom stereocenters. The van der Waals surface area contributed by atoms with Gasteiger partial charge in [-0.2, -0.15) is 0 Å². The van der Waals surface area contributed by atoms with Crippen LogP contribution >= 0.6 is 24.0 Å². The summed E-state index contributed by atoms with van der Waals surface area (Å²) >= 11 is 0. The van der Waals surface area contributed by atoms with E-state index in [2.05, 4.69) is 40.6 Å². The molecule has 1 saturated heterocycles. The highest BCUT2D eigenvalue weighted by atomic mass is 127. The van der Waals surface area contributed by atoms with E-state index >= 15 is 0 Å². The van der Waals surface area contributed by atoms with E-state index in [4.69, 9.17) is 10.5 Å². The van der Waals surface area contributed by atoms with Crippen LogP contribution in [0.1, 0.15) is 42.0 Å². The Morgan fingerprint density at radius 2 is 1.93 bits per heavy atom. The molecule has 0 radical (unpaired) electrons. The zero-order valence-electron chi connectivity index (χ0n) is 16.3. The summed E-state index contributed by atoms with van der Waals surface area (Å²) in [5, 5.41) is 3.31. The number of amides is 1. The number of carbonyl (C=O) groups excluding carboxylic acids is 1. The first-order valence-corrected chi connectivity index (χ1v) is 9.83. The highest BCUT2D eigenvalue weighted by Crippen LogP contribution is 2.31. The van der Waals surface area contributed by atoms with E-state index < -0.39 is 0 Å². The minimum atomic E-state index is 0. The van der Waals surface area contributed by atoms with E-state index in [9.17, 15) is 4.79 Å². The summed E-state index contributed by atoms with van der Waals surface area (Å²) < 4.78 is 5.68. The maximum Gasteiger partial charge on any atom is 0.222 e. The number of nitrogens with two attached hydrogens (primary N) is 1. The van der Waals surface area contributed by atoms with Gasteiger partial charge < -0.3 is 20.7 Å². The van der Waals surface area contributed by atoms with Crippen LogP contribution in [-0.4, -0.2) is 29.9 Å². The van der Waals surface area contributed by atoms with Crippen molar-refractivity contribution in [3.05, 3.63) is 65.2 Å². The molecule has 0 aliphatic carbocycles. The molecular formula is C22H27IN4O2. The molecule has 2 aliphatic heterocycles. The molecule has 3 N–H and O–H groups in total. The lowest BCUT2D eigenvalue weighted by Crippen LogP contribution is -2.37. The normalized spacial score (nSPS) is 18.6. The van der Waals surface area contributed by atoms with E-state index in [1.807, 2.05) is 23.1 Å². The zero-order chi connectivity index (χ0) is 19.3. The lowest BCUT2D eigenvalue weighted by atomic mass is 10.0. The Labute approximate surface area is 188 Å². The van der Waals surface area contributed by atoms with Crippen molar-refractivity contribution in [2.75, 3.05) is 13.2 Å². The lowest BCUT2D eigenvalue weighted by Gasteiger charge is -2.26. The Hall–Kier alpha value is -2.29. The van der Waals surface area contributed by atoms with Gasteiger partial charge in [-0.25, -0.2) is 4.99 Å². The first-order valence-electron chi connectivity index (χ1n) is 9.83. The average Bonchev–Trinajstić information content (AvgIpc) is 3.12. The Bertz CT molecular complexity index is 869. The van der Waals surface area contributed by atoms with Crippen LogP contribution in [0.5, 0.6) is 5.75 Å². The van der Waals surface area contributed by atoms with Crippen molar-refractivity contribution in [3.63, 3.8) is 0 Å². The Balaban J connectivity index is 0.00000240. The van der Waals surface area contributed by atoms with Gasteiger partial charge in [0.1, 0.15) is 5.75 Å². The molecule has 6 nitrogen and oxygen atoms in total. The number of benzene rings is 2. The summed E-state index contributed by atoms with van der Waals surface area (Å²) in [6, 6.07) is 16.4. The number of aliphatic imine (C=N–C) groups is 1. The first kappa shape index (κ1) is 21.4. The lowest BCUT2D eigenvalue weighted by molar-refractivity contribution is -0.128. The van der Waals surface area contributed by atoms with Crippen molar-refractivity contribution < 1.29 is 9.53 Å². The van der Waals surface area contributed by atoms with E-state index in [-0.39, 0.29) is 35.9 Å². The van der Waals surface area contributed by atoms with Crippen molar-refractivity contribution in [2.45, 2.75) is 38.4 Å². The summed E-state index contributed by atoms with van der Waals surface area (Å²) in [7, 11) is 0. The second-order valence-corrected chi connectivity index (χ2v) is 7.31. The fourth-order valence-electron chi connectivity index (χ4n) is 3.73. The molecule has 154 valence electrons. The predicted octanol–water partition coefficient (Wildman–Crippen LogP) is 3.36. The third kappa shape index (κ3) is 5.41. The number of para-hydroxylation sites is 1. The van der Waals surface area contributed by atoms with Crippen LogP contribution in [0.15, 0.2) is 53.5 Å². The van der Waals surface area contributed by atoms with Crippen molar-refractivity contribution in [1.29, 1.82) is 0 Å². The molecule has 2 aromatic rings. The molecule has 29 heavy (non-hydrogen) atoms. The number of hydrogen-bond donors (Lipinski definition) is 2. The van der Waals surface area contributed by atoms with Gasteiger partial charge in [0, 0.05) is 31.5 Å². The van der Waals surface area contributed by atoms with Crippen molar-refractivity contribution in [2.24, 2.45) is 10.7 Å². The Morgan fingerprint density at radius 1 is 1.17 bits per heavy atom. The molecule has 1 amide bonds. The van der Waals surface area contributed by atoms with Gasteiger partial charge in [0.2, 0.25) is 5.91 Å². The summed E-state index contributed by atoms with van der Waals surface area (Å²) in [6.45, 7) is 2.74. The Kier molecular flexibility index (Phi) is 7.35. The molecule has 2 aliphatic rings. The van der Waals surface area contributed by atoms with Gasteiger partial charge in [-0.1, -0.05) is 42.5 Å². The third-order valence-electron chi connectivity index (χ3n) is 5.28. The molecule has 2 aromatic carbocycles. The number of fused-ring (bicyclic) bond motifs is 1.